The van der Waals surface area contributed by atoms with Crippen molar-refractivity contribution in [3.05, 3.63) is 83.4 Å². The third kappa shape index (κ3) is 4.71. The lowest BCUT2D eigenvalue weighted by Crippen LogP contribution is -2.46. The molecule has 3 rings (SSSR count). The molecule has 0 saturated heterocycles. The molecule has 0 spiro atoms. The maximum absolute atomic E-state index is 12.4. The lowest BCUT2D eigenvalue weighted by molar-refractivity contribution is -0.127. The van der Waals surface area contributed by atoms with Crippen LogP contribution in [0.5, 0.6) is 0 Å². The molecule has 2 amide bonds. The van der Waals surface area contributed by atoms with Crippen LogP contribution in [-0.2, 0) is 22.4 Å². The maximum atomic E-state index is 12.4. The Morgan fingerprint density at radius 3 is 2.48 bits per heavy atom. The summed E-state index contributed by atoms with van der Waals surface area (Å²) in [6.45, 7) is 0. The van der Waals surface area contributed by atoms with E-state index in [4.69, 9.17) is 11.0 Å². The first-order valence-electron chi connectivity index (χ1n) is 8.60. The van der Waals surface area contributed by atoms with Gasteiger partial charge in [-0.1, -0.05) is 54.6 Å². The SMILES string of the molecule is N#Cc1cccc(C[C@@H](NC(=O)Cc2ccc3ccccc3c2)C(N)=O)c1. The van der Waals surface area contributed by atoms with Gasteiger partial charge in [-0.2, -0.15) is 5.26 Å². The van der Waals surface area contributed by atoms with E-state index in [0.717, 1.165) is 21.9 Å². The number of primary amides is 1. The van der Waals surface area contributed by atoms with Gasteiger partial charge in [-0.25, -0.2) is 0 Å². The number of benzene rings is 3. The zero-order valence-corrected chi connectivity index (χ0v) is 14.7. The molecule has 27 heavy (non-hydrogen) atoms. The largest absolute Gasteiger partial charge is 0.368 e. The average Bonchev–Trinajstić information content (AvgIpc) is 2.67. The van der Waals surface area contributed by atoms with Gasteiger partial charge in [-0.05, 0) is 34.0 Å². The van der Waals surface area contributed by atoms with Crippen molar-refractivity contribution in [1.82, 2.24) is 5.32 Å². The first-order valence-corrected chi connectivity index (χ1v) is 8.60. The average molecular weight is 357 g/mol. The quantitative estimate of drug-likeness (QED) is 0.709. The molecule has 5 heteroatoms. The second-order valence-electron chi connectivity index (χ2n) is 6.40. The van der Waals surface area contributed by atoms with E-state index in [1.54, 1.807) is 24.3 Å². The standard InChI is InChI=1S/C22H19N3O2/c23-14-17-5-3-4-15(10-17)12-20(22(24)27)25-21(26)13-16-8-9-18-6-1-2-7-19(18)11-16/h1-11,20H,12-13H2,(H2,24,27)(H,25,26)/t20-/m1/s1. The molecule has 0 aliphatic heterocycles. The van der Waals surface area contributed by atoms with E-state index >= 15 is 0 Å². The summed E-state index contributed by atoms with van der Waals surface area (Å²) in [5, 5.41) is 13.8. The summed E-state index contributed by atoms with van der Waals surface area (Å²) in [6.07, 6.45) is 0.404. The molecular formula is C22H19N3O2. The van der Waals surface area contributed by atoms with Gasteiger partial charge in [0.25, 0.3) is 0 Å². The van der Waals surface area contributed by atoms with Gasteiger partial charge in [-0.3, -0.25) is 9.59 Å². The Kier molecular flexibility index (Phi) is 5.48. The van der Waals surface area contributed by atoms with Crippen LogP contribution in [0.3, 0.4) is 0 Å². The molecule has 3 aromatic carbocycles. The van der Waals surface area contributed by atoms with Gasteiger partial charge in [0.15, 0.2) is 0 Å². The van der Waals surface area contributed by atoms with Crippen molar-refractivity contribution in [2.24, 2.45) is 5.73 Å². The summed E-state index contributed by atoms with van der Waals surface area (Å²) in [4.78, 5) is 24.2. The number of nitrogens with one attached hydrogen (secondary N) is 1. The van der Waals surface area contributed by atoms with E-state index in [1.807, 2.05) is 42.5 Å². The number of nitrogens with zero attached hydrogens (tertiary/aromatic N) is 1. The van der Waals surface area contributed by atoms with Crippen molar-refractivity contribution >= 4 is 22.6 Å². The van der Waals surface area contributed by atoms with E-state index in [-0.39, 0.29) is 18.7 Å². The first kappa shape index (κ1) is 18.2. The molecule has 0 unspecified atom stereocenters. The minimum atomic E-state index is -0.827. The second kappa shape index (κ2) is 8.15. The van der Waals surface area contributed by atoms with Crippen LogP contribution in [0.2, 0.25) is 0 Å². The number of hydrogen-bond donors (Lipinski definition) is 2. The molecule has 3 N–H and O–H groups in total. The molecule has 0 aliphatic carbocycles. The Morgan fingerprint density at radius 1 is 0.963 bits per heavy atom. The number of nitrogens with two attached hydrogens (primary N) is 1. The van der Waals surface area contributed by atoms with Crippen LogP contribution >= 0.6 is 0 Å². The summed E-state index contributed by atoms with van der Waals surface area (Å²) in [5.41, 5.74) is 7.58. The molecule has 0 fully saturated rings. The maximum Gasteiger partial charge on any atom is 0.240 e. The Morgan fingerprint density at radius 2 is 1.74 bits per heavy atom. The molecule has 0 radical (unpaired) electrons. The molecule has 0 saturated carbocycles. The fourth-order valence-electron chi connectivity index (χ4n) is 3.01. The van der Waals surface area contributed by atoms with Gasteiger partial charge in [-0.15, -0.1) is 0 Å². The van der Waals surface area contributed by atoms with Crippen molar-refractivity contribution in [1.29, 1.82) is 5.26 Å². The van der Waals surface area contributed by atoms with Gasteiger partial charge in [0.2, 0.25) is 11.8 Å². The number of fused-ring (bicyclic) bond motifs is 1. The van der Waals surface area contributed by atoms with Crippen LogP contribution in [0, 0.1) is 11.3 Å². The monoisotopic (exact) mass is 357 g/mol. The van der Waals surface area contributed by atoms with Crippen molar-refractivity contribution in [2.75, 3.05) is 0 Å². The van der Waals surface area contributed by atoms with Crippen LogP contribution < -0.4 is 11.1 Å². The van der Waals surface area contributed by atoms with E-state index in [9.17, 15) is 9.59 Å². The third-order valence-electron chi connectivity index (χ3n) is 4.35. The van der Waals surface area contributed by atoms with Gasteiger partial charge in [0.05, 0.1) is 18.1 Å². The molecule has 0 aliphatic rings. The number of hydrogen-bond acceptors (Lipinski definition) is 3. The van der Waals surface area contributed by atoms with Gasteiger partial charge in [0, 0.05) is 6.42 Å². The highest BCUT2D eigenvalue weighted by atomic mass is 16.2. The normalized spacial score (nSPS) is 11.5. The minimum Gasteiger partial charge on any atom is -0.368 e. The predicted octanol–water partition coefficient (Wildman–Crippen LogP) is 2.47. The summed E-state index contributed by atoms with van der Waals surface area (Å²) >= 11 is 0. The van der Waals surface area contributed by atoms with Gasteiger partial charge in [0.1, 0.15) is 6.04 Å². The molecule has 1 atom stereocenters. The van der Waals surface area contributed by atoms with Crippen LogP contribution in [0.1, 0.15) is 16.7 Å². The highest BCUT2D eigenvalue weighted by Gasteiger charge is 2.19. The molecule has 0 heterocycles. The number of amides is 2. The number of nitriles is 1. The Labute approximate surface area is 157 Å². The lowest BCUT2D eigenvalue weighted by Gasteiger charge is -2.16. The third-order valence-corrected chi connectivity index (χ3v) is 4.35. The molecule has 0 aromatic heterocycles. The summed E-state index contributed by atoms with van der Waals surface area (Å²) in [5.74, 6) is -0.880. The summed E-state index contributed by atoms with van der Waals surface area (Å²) < 4.78 is 0. The van der Waals surface area contributed by atoms with Crippen molar-refractivity contribution < 1.29 is 9.59 Å². The second-order valence-corrected chi connectivity index (χ2v) is 6.40. The Bertz CT molecular complexity index is 1040. The number of rotatable bonds is 6. The zero-order chi connectivity index (χ0) is 19.2. The van der Waals surface area contributed by atoms with Crippen molar-refractivity contribution in [2.45, 2.75) is 18.9 Å². The van der Waals surface area contributed by atoms with Gasteiger partial charge < -0.3 is 11.1 Å². The molecule has 134 valence electrons. The number of carbonyl (C=O) groups is 2. The van der Waals surface area contributed by atoms with Crippen LogP contribution in [0.15, 0.2) is 66.7 Å². The van der Waals surface area contributed by atoms with Gasteiger partial charge >= 0.3 is 0 Å². The van der Waals surface area contributed by atoms with Crippen LogP contribution in [0.25, 0.3) is 10.8 Å². The van der Waals surface area contributed by atoms with Crippen LogP contribution in [-0.4, -0.2) is 17.9 Å². The predicted molar refractivity (Wildman–Crippen MR) is 104 cm³/mol. The highest BCUT2D eigenvalue weighted by Crippen LogP contribution is 2.16. The van der Waals surface area contributed by atoms with Crippen LogP contribution in [0.4, 0.5) is 0 Å². The topological polar surface area (TPSA) is 96.0 Å². The summed E-state index contributed by atoms with van der Waals surface area (Å²) in [6, 6.07) is 21.9. The molecule has 0 bridgehead atoms. The van der Waals surface area contributed by atoms with E-state index in [0.29, 0.717) is 5.56 Å². The summed E-state index contributed by atoms with van der Waals surface area (Å²) in [7, 11) is 0. The zero-order valence-electron chi connectivity index (χ0n) is 14.7. The molecule has 5 nitrogen and oxygen atoms in total. The smallest absolute Gasteiger partial charge is 0.240 e. The molecule has 3 aromatic rings. The lowest BCUT2D eigenvalue weighted by atomic mass is 10.0. The van der Waals surface area contributed by atoms with Crippen molar-refractivity contribution in [3.8, 4) is 6.07 Å². The minimum absolute atomic E-state index is 0.160. The first-order chi connectivity index (χ1) is 13.0. The fourth-order valence-corrected chi connectivity index (χ4v) is 3.01. The van der Waals surface area contributed by atoms with E-state index < -0.39 is 11.9 Å². The fraction of sp³-hybridized carbons (Fsp3) is 0.136. The number of carbonyl (C=O) groups excluding carboxylic acids is 2. The van der Waals surface area contributed by atoms with Crippen molar-refractivity contribution in [3.63, 3.8) is 0 Å². The Balaban J connectivity index is 1.69. The van der Waals surface area contributed by atoms with E-state index in [1.165, 1.54) is 0 Å². The molecular weight excluding hydrogens is 338 g/mol. The Hall–Kier alpha value is -3.65. The highest BCUT2D eigenvalue weighted by molar-refractivity contribution is 5.89. The van der Waals surface area contributed by atoms with E-state index in [2.05, 4.69) is 11.4 Å².